The number of hydrogen-bond donors (Lipinski definition) is 0. The van der Waals surface area contributed by atoms with Crippen molar-refractivity contribution >= 4 is 0 Å². The zero-order valence-electron chi connectivity index (χ0n) is 15.5. The van der Waals surface area contributed by atoms with Crippen molar-refractivity contribution in [1.82, 2.24) is 0 Å². The van der Waals surface area contributed by atoms with Gasteiger partial charge in [-0.3, -0.25) is 0 Å². The van der Waals surface area contributed by atoms with Crippen LogP contribution in [0.2, 0.25) is 0 Å². The summed E-state index contributed by atoms with van der Waals surface area (Å²) < 4.78 is 0. The first-order valence-electron chi connectivity index (χ1n) is 10.3. The molecule has 0 N–H and O–H groups in total. The highest BCUT2D eigenvalue weighted by Crippen LogP contribution is 2.89. The van der Waals surface area contributed by atoms with E-state index < -0.39 is 0 Å². The molecule has 0 radical (unpaired) electrons. The highest BCUT2D eigenvalue weighted by Gasteiger charge is 2.82. The summed E-state index contributed by atoms with van der Waals surface area (Å²) in [4.78, 5) is 0. The summed E-state index contributed by atoms with van der Waals surface area (Å²) in [5.74, 6) is 5.25. The summed E-state index contributed by atoms with van der Waals surface area (Å²) in [6, 6.07) is 0. The van der Waals surface area contributed by atoms with Crippen LogP contribution >= 0.6 is 0 Å². The fourth-order valence-electron chi connectivity index (χ4n) is 9.96. The van der Waals surface area contributed by atoms with Gasteiger partial charge in [-0.1, -0.05) is 41.0 Å². The van der Waals surface area contributed by atoms with Crippen molar-refractivity contribution in [3.8, 4) is 0 Å². The zero-order valence-corrected chi connectivity index (χ0v) is 15.5. The molecule has 5 fully saturated rings. The lowest BCUT2D eigenvalue weighted by Crippen LogP contribution is -2.47. The van der Waals surface area contributed by atoms with Gasteiger partial charge in [-0.15, -0.1) is 0 Å². The monoisotopic (exact) mass is 300 g/mol. The van der Waals surface area contributed by atoms with Gasteiger partial charge in [0.2, 0.25) is 0 Å². The summed E-state index contributed by atoms with van der Waals surface area (Å²) in [5.41, 5.74) is 2.87. The standard InChI is InChI=1S/C22H36/c1-6-15-7-8-17-16-11-14(2)22-13-19(22,3)9-10-21(22,5)18(16)12-20(15,17)4/h14-18H,6-13H2,1-5H3. The summed E-state index contributed by atoms with van der Waals surface area (Å²) in [6.45, 7) is 13.2. The van der Waals surface area contributed by atoms with Crippen LogP contribution in [0.1, 0.15) is 86.0 Å². The van der Waals surface area contributed by atoms with Crippen molar-refractivity contribution in [3.05, 3.63) is 0 Å². The van der Waals surface area contributed by atoms with Crippen LogP contribution in [0.15, 0.2) is 0 Å². The van der Waals surface area contributed by atoms with Crippen LogP contribution in [0, 0.1) is 51.2 Å². The van der Waals surface area contributed by atoms with Gasteiger partial charge in [-0.2, -0.15) is 0 Å². The molecule has 0 nitrogen and oxygen atoms in total. The Morgan fingerprint density at radius 1 is 1.00 bits per heavy atom. The molecule has 0 bridgehead atoms. The third kappa shape index (κ3) is 1.22. The lowest BCUT2D eigenvalue weighted by molar-refractivity contribution is -0.0487. The first-order chi connectivity index (χ1) is 10.3. The maximum atomic E-state index is 2.75. The minimum Gasteiger partial charge on any atom is -0.0651 e. The molecule has 9 unspecified atom stereocenters. The highest BCUT2D eigenvalue weighted by molar-refractivity contribution is 5.30. The Morgan fingerprint density at radius 2 is 1.77 bits per heavy atom. The maximum absolute atomic E-state index is 2.75. The fourth-order valence-corrected chi connectivity index (χ4v) is 9.96. The molecule has 0 saturated heterocycles. The molecular formula is C22H36. The van der Waals surface area contributed by atoms with Crippen molar-refractivity contribution in [2.45, 2.75) is 86.0 Å². The van der Waals surface area contributed by atoms with E-state index in [1.54, 1.807) is 32.1 Å². The first-order valence-corrected chi connectivity index (χ1v) is 10.3. The Kier molecular flexibility index (Phi) is 2.48. The zero-order chi connectivity index (χ0) is 15.5. The van der Waals surface area contributed by atoms with Gasteiger partial charge in [0.15, 0.2) is 0 Å². The van der Waals surface area contributed by atoms with Crippen molar-refractivity contribution in [2.24, 2.45) is 51.2 Å². The van der Waals surface area contributed by atoms with Crippen molar-refractivity contribution in [2.75, 3.05) is 0 Å². The van der Waals surface area contributed by atoms with E-state index in [0.717, 1.165) is 40.4 Å². The van der Waals surface area contributed by atoms with Crippen LogP contribution in [0.25, 0.3) is 0 Å². The van der Waals surface area contributed by atoms with E-state index in [4.69, 9.17) is 0 Å². The van der Waals surface area contributed by atoms with E-state index in [2.05, 4.69) is 34.6 Å². The molecule has 0 aromatic rings. The van der Waals surface area contributed by atoms with Crippen molar-refractivity contribution < 1.29 is 0 Å². The SMILES string of the molecule is CCC1CCC2C3CC(C)C45CC4(C)CCC5(C)C3CC12C. The van der Waals surface area contributed by atoms with Gasteiger partial charge in [-0.25, -0.2) is 0 Å². The second-order valence-electron chi connectivity index (χ2n) is 11.0. The largest absolute Gasteiger partial charge is 0.0651 e. The number of hydrogen-bond acceptors (Lipinski definition) is 0. The molecule has 5 rings (SSSR count). The summed E-state index contributed by atoms with van der Waals surface area (Å²) >= 11 is 0. The van der Waals surface area contributed by atoms with Crippen molar-refractivity contribution in [3.63, 3.8) is 0 Å². The topological polar surface area (TPSA) is 0 Å². The molecule has 0 amide bonds. The second kappa shape index (κ2) is 3.80. The molecule has 0 aromatic carbocycles. The molecule has 0 aliphatic heterocycles. The van der Waals surface area contributed by atoms with Crippen molar-refractivity contribution in [1.29, 1.82) is 0 Å². The average Bonchev–Trinajstić information content (AvgIpc) is 2.68. The third-order valence-corrected chi connectivity index (χ3v) is 10.9. The molecule has 0 heterocycles. The van der Waals surface area contributed by atoms with Crippen LogP contribution in [0.5, 0.6) is 0 Å². The molecule has 5 aliphatic rings. The van der Waals surface area contributed by atoms with E-state index in [1.807, 2.05) is 0 Å². The van der Waals surface area contributed by atoms with Crippen LogP contribution in [0.4, 0.5) is 0 Å². The molecular weight excluding hydrogens is 264 g/mol. The summed E-state index contributed by atoms with van der Waals surface area (Å²) in [6.07, 6.45) is 12.3. The van der Waals surface area contributed by atoms with Gasteiger partial charge in [0.1, 0.15) is 0 Å². The quantitative estimate of drug-likeness (QED) is 0.533. The van der Waals surface area contributed by atoms with Crippen LogP contribution in [-0.2, 0) is 0 Å². The molecule has 124 valence electrons. The molecule has 5 aliphatic carbocycles. The minimum absolute atomic E-state index is 0.690. The first kappa shape index (κ1) is 14.4. The summed E-state index contributed by atoms with van der Waals surface area (Å²) in [5, 5.41) is 0. The normalized spacial score (nSPS) is 68.3. The van der Waals surface area contributed by atoms with Gasteiger partial charge in [0.25, 0.3) is 0 Å². The van der Waals surface area contributed by atoms with E-state index >= 15 is 0 Å². The van der Waals surface area contributed by atoms with E-state index in [1.165, 1.54) is 19.3 Å². The lowest BCUT2D eigenvalue weighted by atomic mass is 9.51. The second-order valence-corrected chi connectivity index (χ2v) is 11.0. The van der Waals surface area contributed by atoms with Gasteiger partial charge in [-0.05, 0) is 96.2 Å². The predicted octanol–water partition coefficient (Wildman–Crippen LogP) is 6.30. The Morgan fingerprint density at radius 3 is 2.45 bits per heavy atom. The molecule has 0 aromatic heterocycles. The van der Waals surface area contributed by atoms with E-state index in [9.17, 15) is 0 Å². The molecule has 1 spiro atoms. The smallest absolute Gasteiger partial charge is 0.0156 e. The molecule has 0 heteroatoms. The third-order valence-electron chi connectivity index (χ3n) is 10.9. The Hall–Kier alpha value is 0. The van der Waals surface area contributed by atoms with Crippen LogP contribution in [0.3, 0.4) is 0 Å². The minimum atomic E-state index is 0.690. The maximum Gasteiger partial charge on any atom is -0.0156 e. The number of rotatable bonds is 1. The van der Waals surface area contributed by atoms with Gasteiger partial charge in [0.05, 0.1) is 0 Å². The highest BCUT2D eigenvalue weighted by atomic mass is 14.9. The van der Waals surface area contributed by atoms with E-state index in [0.29, 0.717) is 10.8 Å². The average molecular weight is 301 g/mol. The van der Waals surface area contributed by atoms with Gasteiger partial charge < -0.3 is 0 Å². The van der Waals surface area contributed by atoms with Gasteiger partial charge >= 0.3 is 0 Å². The van der Waals surface area contributed by atoms with Crippen LogP contribution < -0.4 is 0 Å². The Labute approximate surface area is 137 Å². The van der Waals surface area contributed by atoms with E-state index in [-0.39, 0.29) is 0 Å². The Bertz CT molecular complexity index is 522. The number of fused-ring (bicyclic) bond motifs is 4. The molecule has 22 heavy (non-hydrogen) atoms. The van der Waals surface area contributed by atoms with Crippen LogP contribution in [-0.4, -0.2) is 0 Å². The fraction of sp³-hybridized carbons (Fsp3) is 1.00. The molecule has 9 atom stereocenters. The summed E-state index contributed by atoms with van der Waals surface area (Å²) in [7, 11) is 0. The lowest BCUT2D eigenvalue weighted by Gasteiger charge is -2.53. The predicted molar refractivity (Wildman–Crippen MR) is 92.5 cm³/mol. The van der Waals surface area contributed by atoms with Gasteiger partial charge in [0, 0.05) is 0 Å². The molecule has 5 saturated carbocycles. The Balaban J connectivity index is 1.57.